The molecule has 1 aromatic carbocycles. The van der Waals surface area contributed by atoms with Crippen molar-refractivity contribution in [2.75, 3.05) is 38.3 Å². The quantitative estimate of drug-likeness (QED) is 0.940. The van der Waals surface area contributed by atoms with Gasteiger partial charge in [0.2, 0.25) is 0 Å². The molecule has 0 spiro atoms. The van der Waals surface area contributed by atoms with Gasteiger partial charge in [0.15, 0.2) is 0 Å². The molecule has 1 aliphatic rings. The molecule has 21 heavy (non-hydrogen) atoms. The van der Waals surface area contributed by atoms with E-state index >= 15 is 0 Å². The highest BCUT2D eigenvalue weighted by atomic mass is 32.2. The smallest absolute Gasteiger partial charge is 0.103 e. The van der Waals surface area contributed by atoms with E-state index in [1.165, 1.54) is 10.5 Å². The number of thioether (sulfide) groups is 1. The monoisotopic (exact) mass is 298 g/mol. The van der Waals surface area contributed by atoms with Crippen molar-refractivity contribution in [3.63, 3.8) is 0 Å². The molecule has 2 heterocycles. The summed E-state index contributed by atoms with van der Waals surface area (Å²) in [5.41, 5.74) is 3.90. The van der Waals surface area contributed by atoms with E-state index < -0.39 is 0 Å². The van der Waals surface area contributed by atoms with Crippen molar-refractivity contribution in [1.82, 2.24) is 9.88 Å². The molecular formula is C16H18N4S. The Morgan fingerprint density at radius 3 is 3.05 bits per heavy atom. The number of likely N-dealkylation sites (N-methyl/N-ethyl adjacent to an activating group) is 1. The Morgan fingerprint density at radius 2 is 2.29 bits per heavy atom. The van der Waals surface area contributed by atoms with Crippen LogP contribution in [0.25, 0.3) is 10.9 Å². The van der Waals surface area contributed by atoms with Crippen molar-refractivity contribution >= 4 is 28.4 Å². The van der Waals surface area contributed by atoms with Crippen LogP contribution in [0.15, 0.2) is 23.2 Å². The van der Waals surface area contributed by atoms with Gasteiger partial charge in [-0.3, -0.25) is 4.98 Å². The predicted molar refractivity (Wildman–Crippen MR) is 87.9 cm³/mol. The van der Waals surface area contributed by atoms with E-state index in [4.69, 9.17) is 0 Å². The average molecular weight is 298 g/mol. The number of hydrogen-bond acceptors (Lipinski definition) is 5. The number of rotatable bonds is 4. The minimum Gasteiger partial charge on any atom is -0.382 e. The molecule has 5 heteroatoms. The van der Waals surface area contributed by atoms with Gasteiger partial charge in [0.05, 0.1) is 16.8 Å². The summed E-state index contributed by atoms with van der Waals surface area (Å²) in [5.74, 6) is 1.11. The number of anilines is 1. The van der Waals surface area contributed by atoms with Crippen LogP contribution in [0.2, 0.25) is 0 Å². The minimum atomic E-state index is 0.631. The molecule has 0 fully saturated rings. The highest BCUT2D eigenvalue weighted by Crippen LogP contribution is 2.39. The van der Waals surface area contributed by atoms with Crippen LogP contribution in [0.1, 0.15) is 11.1 Å². The van der Waals surface area contributed by atoms with E-state index in [1.54, 1.807) is 6.20 Å². The minimum absolute atomic E-state index is 0.631. The highest BCUT2D eigenvalue weighted by molar-refractivity contribution is 7.99. The van der Waals surface area contributed by atoms with Gasteiger partial charge in [0, 0.05) is 35.3 Å². The van der Waals surface area contributed by atoms with Gasteiger partial charge in [-0.05, 0) is 38.2 Å². The van der Waals surface area contributed by atoms with Crippen LogP contribution in [-0.2, 0) is 6.42 Å². The Hall–Kier alpha value is -1.77. The lowest BCUT2D eigenvalue weighted by atomic mass is 10.0. The van der Waals surface area contributed by atoms with Crippen molar-refractivity contribution in [1.29, 1.82) is 5.26 Å². The lowest BCUT2D eigenvalue weighted by Crippen LogP contribution is -2.21. The van der Waals surface area contributed by atoms with Gasteiger partial charge in [-0.15, -0.1) is 11.8 Å². The summed E-state index contributed by atoms with van der Waals surface area (Å²) in [4.78, 5) is 7.91. The summed E-state index contributed by atoms with van der Waals surface area (Å²) in [6.07, 6.45) is 2.73. The predicted octanol–water partition coefficient (Wildman–Crippen LogP) is 2.73. The molecule has 108 valence electrons. The largest absolute Gasteiger partial charge is 0.382 e. The van der Waals surface area contributed by atoms with Gasteiger partial charge < -0.3 is 10.2 Å². The van der Waals surface area contributed by atoms with Crippen molar-refractivity contribution in [2.24, 2.45) is 0 Å². The van der Waals surface area contributed by atoms with Gasteiger partial charge in [-0.1, -0.05) is 0 Å². The number of aromatic nitrogens is 1. The van der Waals surface area contributed by atoms with Crippen LogP contribution >= 0.6 is 11.8 Å². The second-order valence-corrected chi connectivity index (χ2v) is 6.56. The van der Waals surface area contributed by atoms with E-state index in [-0.39, 0.29) is 0 Å². The maximum absolute atomic E-state index is 9.39. The molecule has 0 saturated carbocycles. The lowest BCUT2D eigenvalue weighted by molar-refractivity contribution is 0.425. The second kappa shape index (κ2) is 5.92. The Balaban J connectivity index is 2.10. The number of nitriles is 1. The second-order valence-electron chi connectivity index (χ2n) is 5.42. The molecular weight excluding hydrogens is 280 g/mol. The molecule has 1 aromatic heterocycles. The number of pyridine rings is 1. The fraction of sp³-hybridized carbons (Fsp3) is 0.375. The van der Waals surface area contributed by atoms with Crippen molar-refractivity contribution < 1.29 is 0 Å². The van der Waals surface area contributed by atoms with Crippen molar-refractivity contribution in [3.8, 4) is 6.07 Å². The SMILES string of the molecule is CN(C)CCNc1c(C#N)cnc2ccc3c(c12)CCS3. The van der Waals surface area contributed by atoms with Crippen LogP contribution in [-0.4, -0.2) is 42.8 Å². The van der Waals surface area contributed by atoms with Crippen LogP contribution in [0.3, 0.4) is 0 Å². The number of benzene rings is 1. The van der Waals surface area contributed by atoms with E-state index in [1.807, 2.05) is 25.9 Å². The Labute approximate surface area is 129 Å². The van der Waals surface area contributed by atoms with Gasteiger partial charge in [-0.25, -0.2) is 0 Å². The van der Waals surface area contributed by atoms with Crippen molar-refractivity contribution in [3.05, 3.63) is 29.5 Å². The molecule has 0 unspecified atom stereocenters. The van der Waals surface area contributed by atoms with Gasteiger partial charge >= 0.3 is 0 Å². The normalized spacial score (nSPS) is 13.4. The van der Waals surface area contributed by atoms with Crippen LogP contribution < -0.4 is 5.32 Å². The molecule has 0 amide bonds. The number of nitrogens with zero attached hydrogens (tertiary/aromatic N) is 3. The van der Waals surface area contributed by atoms with Gasteiger partial charge in [-0.2, -0.15) is 5.26 Å². The Bertz CT molecular complexity index is 718. The zero-order valence-electron chi connectivity index (χ0n) is 12.3. The van der Waals surface area contributed by atoms with Gasteiger partial charge in [0.1, 0.15) is 6.07 Å². The summed E-state index contributed by atoms with van der Waals surface area (Å²) in [6.45, 7) is 1.75. The van der Waals surface area contributed by atoms with Crippen molar-refractivity contribution in [2.45, 2.75) is 11.3 Å². The molecule has 0 atom stereocenters. The third-order valence-electron chi connectivity index (χ3n) is 3.69. The first kappa shape index (κ1) is 14.2. The first-order valence-electron chi connectivity index (χ1n) is 7.07. The third-order valence-corrected chi connectivity index (χ3v) is 4.79. The summed E-state index contributed by atoms with van der Waals surface area (Å²) in [5, 5.41) is 14.0. The lowest BCUT2D eigenvalue weighted by Gasteiger charge is -2.16. The maximum atomic E-state index is 9.39. The zero-order chi connectivity index (χ0) is 14.8. The average Bonchev–Trinajstić information content (AvgIpc) is 2.95. The Kier molecular flexibility index (Phi) is 4.00. The zero-order valence-corrected chi connectivity index (χ0v) is 13.1. The van der Waals surface area contributed by atoms with Crippen LogP contribution in [0.4, 0.5) is 5.69 Å². The fourth-order valence-electron chi connectivity index (χ4n) is 2.66. The molecule has 1 aliphatic heterocycles. The summed E-state index contributed by atoms with van der Waals surface area (Å²) in [7, 11) is 4.10. The molecule has 3 rings (SSSR count). The number of hydrogen-bond donors (Lipinski definition) is 1. The van der Waals surface area contributed by atoms with E-state index in [9.17, 15) is 5.26 Å². The molecule has 1 N–H and O–H groups in total. The van der Waals surface area contributed by atoms with E-state index in [0.717, 1.165) is 41.9 Å². The maximum Gasteiger partial charge on any atom is 0.103 e. The molecule has 2 aromatic rings. The summed E-state index contributed by atoms with van der Waals surface area (Å²) in [6, 6.07) is 6.48. The molecule has 0 bridgehead atoms. The third kappa shape index (κ3) is 2.69. The van der Waals surface area contributed by atoms with E-state index in [0.29, 0.717) is 5.56 Å². The van der Waals surface area contributed by atoms with Gasteiger partial charge in [0.25, 0.3) is 0 Å². The highest BCUT2D eigenvalue weighted by Gasteiger charge is 2.19. The molecule has 0 saturated heterocycles. The summed E-state index contributed by atoms with van der Waals surface area (Å²) < 4.78 is 0. The first-order chi connectivity index (χ1) is 10.2. The van der Waals surface area contributed by atoms with E-state index in [2.05, 4.69) is 33.4 Å². The van der Waals surface area contributed by atoms with Crippen LogP contribution in [0.5, 0.6) is 0 Å². The molecule has 0 radical (unpaired) electrons. The molecule has 0 aliphatic carbocycles. The first-order valence-corrected chi connectivity index (χ1v) is 8.05. The fourth-order valence-corrected chi connectivity index (χ4v) is 3.72. The number of nitrogens with one attached hydrogen (secondary N) is 1. The summed E-state index contributed by atoms with van der Waals surface area (Å²) >= 11 is 1.89. The standard InChI is InChI=1S/C16H18N4S/c1-20(2)7-6-18-16-11(9-17)10-19-13-3-4-14-12(15(13)16)5-8-21-14/h3-4,10H,5-8H2,1-2H3,(H,18,19). The number of aryl methyl sites for hydroxylation is 1. The van der Waals surface area contributed by atoms with Crippen LogP contribution in [0, 0.1) is 11.3 Å². The Morgan fingerprint density at radius 1 is 1.43 bits per heavy atom. The number of fused-ring (bicyclic) bond motifs is 3. The topological polar surface area (TPSA) is 52.0 Å². The molecule has 4 nitrogen and oxygen atoms in total.